The first kappa shape index (κ1) is 82.4. The van der Waals surface area contributed by atoms with Crippen LogP contribution in [0.4, 0.5) is 0 Å². The van der Waals surface area contributed by atoms with Crippen molar-refractivity contribution in [3.05, 3.63) is 54.1 Å². The molecular formula is C65H101N17O16S. The zero-order valence-electron chi connectivity index (χ0n) is 57.4. The number of aromatic amines is 1. The molecular weight excluding hydrogens is 1310 g/mol. The van der Waals surface area contributed by atoms with Crippen molar-refractivity contribution in [2.45, 2.75) is 218 Å². The number of carbonyl (C=O) groups is 14. The minimum Gasteiger partial charge on any atom is -0.481 e. The molecule has 0 radical (unpaired) electrons. The molecule has 548 valence electrons. The van der Waals surface area contributed by atoms with Crippen LogP contribution >= 0.6 is 11.8 Å². The van der Waals surface area contributed by atoms with Gasteiger partial charge in [0.25, 0.3) is 0 Å². The molecule has 14 atom stereocenters. The van der Waals surface area contributed by atoms with Crippen LogP contribution in [0.5, 0.6) is 0 Å². The number of amides is 12. The molecule has 12 amide bonds. The van der Waals surface area contributed by atoms with Crippen molar-refractivity contribution in [2.24, 2.45) is 45.9 Å². The van der Waals surface area contributed by atoms with E-state index >= 15 is 0 Å². The minimum atomic E-state index is -2.00. The van der Waals surface area contributed by atoms with Gasteiger partial charge < -0.3 is 90.9 Å². The maximum absolute atomic E-state index is 14.7. The molecule has 2 aliphatic heterocycles. The minimum absolute atomic E-state index is 0.000468. The average molecular weight is 1410 g/mol. The number of nitrogens with one attached hydrogen (secondary N) is 12. The van der Waals surface area contributed by atoms with Crippen LogP contribution in [-0.4, -0.2) is 199 Å². The highest BCUT2D eigenvalue weighted by Gasteiger charge is 2.40. The predicted molar refractivity (Wildman–Crippen MR) is 365 cm³/mol. The van der Waals surface area contributed by atoms with Crippen molar-refractivity contribution in [2.75, 3.05) is 18.8 Å². The molecule has 1 saturated heterocycles. The first-order valence-corrected chi connectivity index (χ1v) is 34.5. The number of nitrogens with zero attached hydrogens (tertiary/aromatic N) is 2. The fourth-order valence-electron chi connectivity index (χ4n) is 10.7. The zero-order chi connectivity index (χ0) is 73.6. The summed E-state index contributed by atoms with van der Waals surface area (Å²) in [5.74, 6) is -15.2. The van der Waals surface area contributed by atoms with E-state index in [9.17, 15) is 77.3 Å². The number of carboxylic acids is 2. The first-order chi connectivity index (χ1) is 46.8. The van der Waals surface area contributed by atoms with Gasteiger partial charge >= 0.3 is 11.9 Å². The van der Waals surface area contributed by atoms with Gasteiger partial charge in [0.15, 0.2) is 0 Å². The molecule has 33 nitrogen and oxygen atoms in total. The van der Waals surface area contributed by atoms with Crippen LogP contribution in [-0.2, 0) is 80.0 Å². The van der Waals surface area contributed by atoms with Gasteiger partial charge in [-0.1, -0.05) is 98.6 Å². The van der Waals surface area contributed by atoms with Crippen LogP contribution in [0.1, 0.15) is 144 Å². The Morgan fingerprint density at radius 3 is 1.75 bits per heavy atom. The number of aromatic nitrogens is 2. The SMILES string of the molecule is CC[C@H](C)[C@H](N)C1=N[C@H](C(=O)N[C@@H](CC(C)C)C(=O)N[C@H](CCC(=O)O)C(=O)N[C@H](C(=O)NCCCC[C@@H]2NC(=O)[C@H](CC(N)=O)NC(=O)[C@@H](CC(=O)O)NC(=O)[C@H](Cc3cnc[nH]3)NC(=O)[C@@H](Cc3ccccc3)NC(=O)[C@H]([C@@H](C)CC)NC(=O)[C@@H](CCCN)NC2=O)C(C)C)CS1. The Kier molecular flexibility index (Phi) is 34.4. The van der Waals surface area contributed by atoms with E-state index in [4.69, 9.17) is 17.2 Å². The molecule has 0 aliphatic carbocycles. The second kappa shape index (κ2) is 41.4. The Balaban J connectivity index is 1.65. The summed E-state index contributed by atoms with van der Waals surface area (Å²) in [6, 6.07) is -8.07. The second-order valence-electron chi connectivity index (χ2n) is 25.8. The van der Waals surface area contributed by atoms with Gasteiger partial charge in [-0.05, 0) is 80.7 Å². The number of aliphatic imine (C=N–C) groups is 1. The van der Waals surface area contributed by atoms with Crippen LogP contribution in [0, 0.1) is 23.7 Å². The predicted octanol–water partition coefficient (Wildman–Crippen LogP) is -2.07. The van der Waals surface area contributed by atoms with Gasteiger partial charge in [0.2, 0.25) is 70.9 Å². The fraction of sp³-hybridized carbons (Fsp3) is 0.631. The lowest BCUT2D eigenvalue weighted by molar-refractivity contribution is -0.142. The molecule has 1 fully saturated rings. The largest absolute Gasteiger partial charge is 0.481 e. The lowest BCUT2D eigenvalue weighted by Gasteiger charge is -2.29. The number of benzene rings is 1. The van der Waals surface area contributed by atoms with Gasteiger partial charge in [-0.25, -0.2) is 4.98 Å². The third-order valence-corrected chi connectivity index (χ3v) is 18.1. The van der Waals surface area contributed by atoms with Gasteiger partial charge in [-0.15, -0.1) is 11.8 Å². The molecule has 1 aromatic heterocycles. The van der Waals surface area contributed by atoms with Gasteiger partial charge in [-0.3, -0.25) is 72.1 Å². The van der Waals surface area contributed by atoms with Crippen molar-refractivity contribution >= 4 is 99.6 Å². The lowest BCUT2D eigenvalue weighted by atomic mass is 9.96. The molecule has 3 heterocycles. The molecule has 99 heavy (non-hydrogen) atoms. The van der Waals surface area contributed by atoms with E-state index in [0.717, 1.165) is 6.42 Å². The molecule has 4 rings (SSSR count). The van der Waals surface area contributed by atoms with E-state index < -0.39 is 187 Å². The number of unbranched alkanes of at least 4 members (excludes halogenated alkanes) is 1. The van der Waals surface area contributed by atoms with Crippen LogP contribution < -0.4 is 75.7 Å². The lowest BCUT2D eigenvalue weighted by Crippen LogP contribution is -2.61. The number of rotatable bonds is 34. The van der Waals surface area contributed by atoms with Gasteiger partial charge in [0.1, 0.15) is 66.5 Å². The Morgan fingerprint density at radius 2 is 1.19 bits per heavy atom. The number of thioether (sulfide) groups is 1. The van der Waals surface area contributed by atoms with Crippen molar-refractivity contribution in [1.82, 2.24) is 68.5 Å². The fourth-order valence-corrected chi connectivity index (χ4v) is 11.9. The summed E-state index contributed by atoms with van der Waals surface area (Å²) in [5.41, 5.74) is 18.7. The molecule has 20 N–H and O–H groups in total. The van der Waals surface area contributed by atoms with Crippen molar-refractivity contribution < 1.29 is 77.3 Å². The van der Waals surface area contributed by atoms with E-state index in [1.807, 2.05) is 27.7 Å². The van der Waals surface area contributed by atoms with E-state index in [-0.39, 0.29) is 82.3 Å². The monoisotopic (exact) mass is 1410 g/mol. The highest BCUT2D eigenvalue weighted by Crippen LogP contribution is 2.25. The number of aliphatic carboxylic acids is 2. The molecule has 1 aromatic carbocycles. The molecule has 2 aromatic rings. The van der Waals surface area contributed by atoms with Crippen LogP contribution in [0.15, 0.2) is 47.8 Å². The Morgan fingerprint density at radius 1 is 0.636 bits per heavy atom. The maximum atomic E-state index is 14.7. The molecule has 34 heteroatoms. The number of carboxylic acid groups (broad SMARTS) is 2. The van der Waals surface area contributed by atoms with Crippen LogP contribution in [0.2, 0.25) is 0 Å². The molecule has 0 unspecified atom stereocenters. The van der Waals surface area contributed by atoms with E-state index in [0.29, 0.717) is 28.5 Å². The summed E-state index contributed by atoms with van der Waals surface area (Å²) in [7, 11) is 0. The van der Waals surface area contributed by atoms with Crippen LogP contribution in [0.25, 0.3) is 0 Å². The Hall–Kier alpha value is -9.05. The third kappa shape index (κ3) is 27.7. The summed E-state index contributed by atoms with van der Waals surface area (Å²) in [6.45, 7) is 14.2. The number of nitrogens with two attached hydrogens (primary N) is 3. The van der Waals surface area contributed by atoms with E-state index in [1.54, 1.807) is 58.0 Å². The second-order valence-corrected chi connectivity index (χ2v) is 26.9. The summed E-state index contributed by atoms with van der Waals surface area (Å²) in [4.78, 5) is 205. The number of H-pyrrole nitrogens is 1. The topological polar surface area (TPSA) is 531 Å². The molecule has 0 saturated carbocycles. The van der Waals surface area contributed by atoms with Crippen molar-refractivity contribution in [3.63, 3.8) is 0 Å². The number of hydrogen-bond donors (Lipinski definition) is 17. The normalized spacial score (nSPS) is 22.5. The van der Waals surface area contributed by atoms with Gasteiger partial charge in [0, 0.05) is 43.5 Å². The van der Waals surface area contributed by atoms with Gasteiger partial charge in [-0.2, -0.15) is 0 Å². The van der Waals surface area contributed by atoms with E-state index in [1.165, 1.54) is 24.3 Å². The standard InChI is InChI=1S/C65H101N17O16S/c1-9-35(7)51(68)65-80-47(31-99-65)62(96)75-42(25-33(3)4)57(91)74-41(21-22-49(84)85)56(90)81-52(34(5)6)63(97)70-24-15-14-19-39-54(88)72-40(20-16-23-66)55(89)82-53(36(8)10-2)64(98)79-43(26-37-17-12-11-13-18-37)58(92)76-44(27-38-30-69-32-71-38)59(93)78-46(29-50(86)87)61(95)77-45(28-48(67)83)60(94)73-39/h11-13,17-18,30,32-36,39-47,51-53H,9-10,14-16,19-29,31,66,68H2,1-8H3,(H2,67,83)(H,69,71)(H,70,97)(H,72,88)(H,73,94)(H,74,91)(H,75,96)(H,76,92)(H,77,95)(H,78,93)(H,79,98)(H,81,90)(H,82,89)(H,84,85)(H,86,87)/t35-,36-,39-,40+,41+,42-,43+,44-,45-,46+,47-,51-,52-,53-/m0/s1. The Bertz CT molecular complexity index is 3140. The summed E-state index contributed by atoms with van der Waals surface area (Å²) < 4.78 is 0. The molecule has 2 aliphatic rings. The number of carbonyl (C=O) groups excluding carboxylic acids is 12. The summed E-state index contributed by atoms with van der Waals surface area (Å²) in [5, 5.41) is 48.7. The van der Waals surface area contributed by atoms with Crippen LogP contribution in [0.3, 0.4) is 0 Å². The van der Waals surface area contributed by atoms with Crippen molar-refractivity contribution in [1.29, 1.82) is 0 Å². The zero-order valence-corrected chi connectivity index (χ0v) is 58.3. The first-order valence-electron chi connectivity index (χ1n) is 33.6. The quantitative estimate of drug-likeness (QED) is 0.0335. The number of hydrogen-bond acceptors (Lipinski definition) is 19. The number of primary amides is 1. The summed E-state index contributed by atoms with van der Waals surface area (Å²) in [6.07, 6.45) is 0.213. The highest BCUT2D eigenvalue weighted by atomic mass is 32.2. The number of imidazole rings is 1. The molecule has 0 bridgehead atoms. The highest BCUT2D eigenvalue weighted by molar-refractivity contribution is 8.14. The Labute approximate surface area is 579 Å². The third-order valence-electron chi connectivity index (χ3n) is 16.9. The van der Waals surface area contributed by atoms with Crippen molar-refractivity contribution in [3.8, 4) is 0 Å². The maximum Gasteiger partial charge on any atom is 0.305 e. The van der Waals surface area contributed by atoms with Gasteiger partial charge in [0.05, 0.1) is 30.3 Å². The van der Waals surface area contributed by atoms with E-state index in [2.05, 4.69) is 73.4 Å². The molecule has 0 spiro atoms. The smallest absolute Gasteiger partial charge is 0.305 e. The summed E-state index contributed by atoms with van der Waals surface area (Å²) >= 11 is 1.36. The average Bonchev–Trinajstić information content (AvgIpc) is 1.33.